The summed E-state index contributed by atoms with van der Waals surface area (Å²) in [4.78, 5) is 11.5. The Labute approximate surface area is 259 Å². The highest BCUT2D eigenvalue weighted by molar-refractivity contribution is 7.80. The molecule has 2 aromatic carbocycles. The van der Waals surface area contributed by atoms with Gasteiger partial charge in [-0.2, -0.15) is 0 Å². The molecule has 2 aromatic heterocycles. The number of hydrogen-bond donors (Lipinski definition) is 1. The number of anilines is 3. The van der Waals surface area contributed by atoms with Crippen LogP contribution in [0.25, 0.3) is 5.69 Å². The molecular weight excluding hydrogens is 560 g/mol. The molecule has 0 aliphatic carbocycles. The van der Waals surface area contributed by atoms with Crippen LogP contribution in [0.1, 0.15) is 54.5 Å². The second kappa shape index (κ2) is 11.6. The second-order valence-electron chi connectivity index (χ2n) is 11.9. The predicted molar refractivity (Wildman–Crippen MR) is 180 cm³/mol. The molecule has 0 spiro atoms. The van der Waals surface area contributed by atoms with Gasteiger partial charge in [0, 0.05) is 61.8 Å². The SMILES string of the molecule is Cc1cc([C@H]2[C@H](c3ccccn3)NC(=S)N2c2ccc(N3CCC(C)CC3)c(Cl)c2)c(C)n1-c1ccc(N(C)C)cc1. The van der Waals surface area contributed by atoms with Crippen molar-refractivity contribution < 1.29 is 0 Å². The first kappa shape index (κ1) is 28.6. The van der Waals surface area contributed by atoms with Crippen LogP contribution in [0.3, 0.4) is 0 Å². The minimum atomic E-state index is -0.120. The van der Waals surface area contributed by atoms with Gasteiger partial charge in [-0.15, -0.1) is 0 Å². The molecule has 2 aliphatic rings. The molecule has 2 fully saturated rings. The van der Waals surface area contributed by atoms with E-state index in [4.69, 9.17) is 28.8 Å². The number of piperidine rings is 1. The first-order valence-electron chi connectivity index (χ1n) is 14.7. The normalized spacial score (nSPS) is 19.3. The summed E-state index contributed by atoms with van der Waals surface area (Å²) in [6, 6.07) is 23.2. The molecule has 0 saturated carbocycles. The van der Waals surface area contributed by atoms with Crippen molar-refractivity contribution in [3.8, 4) is 5.69 Å². The van der Waals surface area contributed by atoms with E-state index in [1.807, 2.05) is 18.3 Å². The topological polar surface area (TPSA) is 39.6 Å². The number of pyridine rings is 1. The summed E-state index contributed by atoms with van der Waals surface area (Å²) in [5.41, 5.74) is 8.91. The molecule has 4 heterocycles. The van der Waals surface area contributed by atoms with Gasteiger partial charge in [-0.25, -0.2) is 0 Å². The lowest BCUT2D eigenvalue weighted by Crippen LogP contribution is -2.33. The van der Waals surface area contributed by atoms with Crippen LogP contribution < -0.4 is 20.0 Å². The molecule has 2 aliphatic heterocycles. The van der Waals surface area contributed by atoms with Gasteiger partial charge in [0.1, 0.15) is 0 Å². The largest absolute Gasteiger partial charge is 0.378 e. The van der Waals surface area contributed by atoms with Crippen LogP contribution in [0, 0.1) is 19.8 Å². The molecule has 2 atom stereocenters. The van der Waals surface area contributed by atoms with E-state index in [0.29, 0.717) is 5.11 Å². The van der Waals surface area contributed by atoms with Crippen molar-refractivity contribution in [3.63, 3.8) is 0 Å². The Morgan fingerprint density at radius 3 is 2.31 bits per heavy atom. The number of halogens is 1. The van der Waals surface area contributed by atoms with Gasteiger partial charge in [0.2, 0.25) is 0 Å². The smallest absolute Gasteiger partial charge is 0.174 e. The molecule has 2 saturated heterocycles. The Balaban J connectivity index is 1.42. The van der Waals surface area contributed by atoms with Crippen LogP contribution in [0.2, 0.25) is 5.02 Å². The summed E-state index contributed by atoms with van der Waals surface area (Å²) in [5, 5.41) is 5.04. The van der Waals surface area contributed by atoms with Crippen molar-refractivity contribution in [3.05, 3.63) is 101 Å². The minimum Gasteiger partial charge on any atom is -0.378 e. The molecule has 0 amide bonds. The number of nitrogens with one attached hydrogen (secondary N) is 1. The van der Waals surface area contributed by atoms with Gasteiger partial charge in [-0.1, -0.05) is 24.6 Å². The number of thiocarbonyl (C=S) groups is 1. The Morgan fingerprint density at radius 2 is 1.67 bits per heavy atom. The van der Waals surface area contributed by atoms with E-state index in [1.165, 1.54) is 35.5 Å². The summed E-state index contributed by atoms with van der Waals surface area (Å²) >= 11 is 13.0. The van der Waals surface area contributed by atoms with Gasteiger partial charge >= 0.3 is 0 Å². The van der Waals surface area contributed by atoms with Gasteiger partial charge in [0.25, 0.3) is 0 Å². The van der Waals surface area contributed by atoms with E-state index < -0.39 is 0 Å². The van der Waals surface area contributed by atoms with E-state index >= 15 is 0 Å². The lowest BCUT2D eigenvalue weighted by molar-refractivity contribution is 0.438. The molecule has 0 bridgehead atoms. The van der Waals surface area contributed by atoms with E-state index in [1.54, 1.807) is 0 Å². The average molecular weight is 599 g/mol. The van der Waals surface area contributed by atoms with Gasteiger partial charge in [0.05, 0.1) is 28.5 Å². The van der Waals surface area contributed by atoms with Crippen molar-refractivity contribution in [2.45, 2.75) is 45.7 Å². The molecule has 0 radical (unpaired) electrons. The van der Waals surface area contributed by atoms with Crippen molar-refractivity contribution >= 4 is 46.0 Å². The third kappa shape index (κ3) is 5.25. The fourth-order valence-corrected chi connectivity index (χ4v) is 7.13. The van der Waals surface area contributed by atoms with Crippen molar-refractivity contribution in [1.29, 1.82) is 0 Å². The molecule has 0 unspecified atom stereocenters. The van der Waals surface area contributed by atoms with E-state index in [0.717, 1.165) is 46.8 Å². The van der Waals surface area contributed by atoms with Crippen LogP contribution in [-0.4, -0.2) is 41.8 Å². The summed E-state index contributed by atoms with van der Waals surface area (Å²) in [7, 11) is 4.13. The van der Waals surface area contributed by atoms with Gasteiger partial charge in [-0.05, 0) is 111 Å². The maximum absolute atomic E-state index is 7.00. The van der Waals surface area contributed by atoms with Crippen LogP contribution in [0.4, 0.5) is 17.1 Å². The number of aromatic nitrogens is 2. The molecule has 42 heavy (non-hydrogen) atoms. The fraction of sp³-hybridized carbons (Fsp3) is 0.353. The highest BCUT2D eigenvalue weighted by Gasteiger charge is 2.42. The monoisotopic (exact) mass is 598 g/mol. The fourth-order valence-electron chi connectivity index (χ4n) is 6.48. The van der Waals surface area contributed by atoms with Crippen LogP contribution in [0.15, 0.2) is 72.9 Å². The zero-order valence-corrected chi connectivity index (χ0v) is 26.6. The lowest BCUT2D eigenvalue weighted by Gasteiger charge is -2.33. The zero-order valence-electron chi connectivity index (χ0n) is 25.0. The second-order valence-corrected chi connectivity index (χ2v) is 12.7. The highest BCUT2D eigenvalue weighted by atomic mass is 35.5. The van der Waals surface area contributed by atoms with Gasteiger partial charge < -0.3 is 24.6 Å². The summed E-state index contributed by atoms with van der Waals surface area (Å²) in [5.74, 6) is 0.765. The number of hydrogen-bond acceptors (Lipinski definition) is 4. The maximum Gasteiger partial charge on any atom is 0.174 e. The summed E-state index contributed by atoms with van der Waals surface area (Å²) in [6.07, 6.45) is 4.24. The standard InChI is InChI=1S/C34H39ClN6S/c1-22-15-18-39(19-16-22)31-14-13-27(21-29(31)35)41-33(32(37-34(41)42)30-8-6-7-17-36-30)28-20-23(2)40(24(28)3)26-11-9-25(10-12-26)38(4)5/h6-14,17,20-22,32-33H,15-16,18-19H2,1-5H3,(H,37,42)/t32-,33-/m0/s1. The lowest BCUT2D eigenvalue weighted by atomic mass is 9.96. The maximum atomic E-state index is 7.00. The zero-order chi connectivity index (χ0) is 29.5. The number of benzene rings is 2. The third-order valence-corrected chi connectivity index (χ3v) is 9.46. The molecule has 4 aromatic rings. The van der Waals surface area contributed by atoms with Gasteiger partial charge in [-0.3, -0.25) is 4.98 Å². The first-order valence-corrected chi connectivity index (χ1v) is 15.5. The predicted octanol–water partition coefficient (Wildman–Crippen LogP) is 7.62. The van der Waals surface area contributed by atoms with E-state index in [-0.39, 0.29) is 12.1 Å². The Bertz CT molecular complexity index is 1570. The van der Waals surface area contributed by atoms with E-state index in [9.17, 15) is 0 Å². The van der Waals surface area contributed by atoms with Gasteiger partial charge in [0.15, 0.2) is 5.11 Å². The molecule has 1 N–H and O–H groups in total. The van der Waals surface area contributed by atoms with Crippen molar-refractivity contribution in [1.82, 2.24) is 14.9 Å². The molecule has 218 valence electrons. The van der Waals surface area contributed by atoms with Crippen LogP contribution >= 0.6 is 23.8 Å². The van der Waals surface area contributed by atoms with Crippen LogP contribution in [0.5, 0.6) is 0 Å². The number of rotatable bonds is 6. The number of nitrogens with zero attached hydrogens (tertiary/aromatic N) is 5. The molecule has 6 rings (SSSR count). The minimum absolute atomic E-state index is 0.105. The quantitative estimate of drug-likeness (QED) is 0.230. The number of aryl methyl sites for hydroxylation is 1. The Kier molecular flexibility index (Phi) is 7.90. The molecular formula is C34H39ClN6S. The Morgan fingerprint density at radius 1 is 0.952 bits per heavy atom. The molecule has 8 heteroatoms. The van der Waals surface area contributed by atoms with Crippen molar-refractivity contribution in [2.24, 2.45) is 5.92 Å². The molecule has 6 nitrogen and oxygen atoms in total. The van der Waals surface area contributed by atoms with E-state index in [2.05, 4.69) is 114 Å². The summed E-state index contributed by atoms with van der Waals surface area (Å²) < 4.78 is 2.33. The first-order chi connectivity index (χ1) is 20.2. The summed E-state index contributed by atoms with van der Waals surface area (Å²) in [6.45, 7) is 8.77. The van der Waals surface area contributed by atoms with Crippen LogP contribution in [-0.2, 0) is 0 Å². The third-order valence-electron chi connectivity index (χ3n) is 8.85. The average Bonchev–Trinajstić information content (AvgIpc) is 3.48. The van der Waals surface area contributed by atoms with Crippen molar-refractivity contribution in [2.75, 3.05) is 41.9 Å². The highest BCUT2D eigenvalue weighted by Crippen LogP contribution is 2.45. The Hall–Kier alpha value is -3.55.